The van der Waals surface area contributed by atoms with Crippen LogP contribution in [0.5, 0.6) is 11.5 Å². The van der Waals surface area contributed by atoms with E-state index in [0.717, 1.165) is 54.8 Å². The van der Waals surface area contributed by atoms with Crippen LogP contribution in [0.25, 0.3) is 0 Å². The van der Waals surface area contributed by atoms with Crippen molar-refractivity contribution in [2.24, 2.45) is 4.99 Å². The maximum absolute atomic E-state index is 6.15. The first-order valence-electron chi connectivity index (χ1n) is 7.73. The van der Waals surface area contributed by atoms with E-state index in [1.54, 1.807) is 0 Å². The van der Waals surface area contributed by atoms with Crippen LogP contribution in [0, 0.1) is 6.92 Å². The molecule has 1 N–H and O–H groups in total. The Morgan fingerprint density at radius 3 is 2.73 bits per heavy atom. The number of rotatable bonds is 0. The quantitative estimate of drug-likeness (QED) is 0.811. The molecule has 4 nitrogen and oxygen atoms in total. The zero-order valence-corrected chi connectivity index (χ0v) is 12.7. The van der Waals surface area contributed by atoms with E-state index in [1.807, 2.05) is 24.3 Å². The standard InChI is InChI=1S/C18H19N3O/c1-13-6-7-15-17(12-13)22-16-5-3-2-4-14(16)18(20-15)21-10-8-19-9-11-21/h2-7,12,19H,8-11H2,1H3. The van der Waals surface area contributed by atoms with Gasteiger partial charge in [0.2, 0.25) is 0 Å². The molecule has 0 spiro atoms. The topological polar surface area (TPSA) is 36.9 Å². The van der Waals surface area contributed by atoms with Crippen molar-refractivity contribution < 1.29 is 4.74 Å². The molecule has 0 amide bonds. The zero-order chi connectivity index (χ0) is 14.9. The summed E-state index contributed by atoms with van der Waals surface area (Å²) in [6, 6.07) is 14.3. The second kappa shape index (κ2) is 5.46. The molecule has 1 fully saturated rings. The Morgan fingerprint density at radius 1 is 1.05 bits per heavy atom. The van der Waals surface area contributed by atoms with Crippen molar-refractivity contribution >= 4 is 11.5 Å². The number of nitrogens with one attached hydrogen (secondary N) is 1. The molecule has 4 rings (SSSR count). The Balaban J connectivity index is 1.87. The molecule has 0 unspecified atom stereocenters. The monoisotopic (exact) mass is 293 g/mol. The molecule has 2 aliphatic heterocycles. The Kier molecular flexibility index (Phi) is 3.31. The van der Waals surface area contributed by atoms with E-state index in [-0.39, 0.29) is 0 Å². The van der Waals surface area contributed by atoms with Crippen LogP contribution in [0.1, 0.15) is 11.1 Å². The van der Waals surface area contributed by atoms with Gasteiger partial charge in [-0.3, -0.25) is 0 Å². The summed E-state index contributed by atoms with van der Waals surface area (Å²) in [7, 11) is 0. The number of aryl methyl sites for hydroxylation is 1. The average molecular weight is 293 g/mol. The number of hydrogen-bond acceptors (Lipinski definition) is 4. The minimum atomic E-state index is 0.831. The molecule has 0 bridgehead atoms. The molecular weight excluding hydrogens is 274 g/mol. The summed E-state index contributed by atoms with van der Waals surface area (Å²) < 4.78 is 6.15. The van der Waals surface area contributed by atoms with Crippen molar-refractivity contribution in [2.45, 2.75) is 6.92 Å². The number of aliphatic imine (C=N–C) groups is 1. The molecule has 112 valence electrons. The van der Waals surface area contributed by atoms with Crippen LogP contribution in [-0.4, -0.2) is 36.9 Å². The summed E-state index contributed by atoms with van der Waals surface area (Å²) in [5, 5.41) is 3.39. The van der Waals surface area contributed by atoms with Gasteiger partial charge in [-0.25, -0.2) is 4.99 Å². The van der Waals surface area contributed by atoms with Crippen LogP contribution in [0.15, 0.2) is 47.5 Å². The van der Waals surface area contributed by atoms with E-state index in [2.05, 4.69) is 35.3 Å². The van der Waals surface area contributed by atoms with Gasteiger partial charge in [-0.2, -0.15) is 0 Å². The average Bonchev–Trinajstić information content (AvgIpc) is 2.72. The summed E-state index contributed by atoms with van der Waals surface area (Å²) in [5.41, 5.74) is 3.14. The highest BCUT2D eigenvalue weighted by Gasteiger charge is 2.23. The lowest BCUT2D eigenvalue weighted by atomic mass is 10.1. The van der Waals surface area contributed by atoms with Gasteiger partial charge in [0.25, 0.3) is 0 Å². The first-order valence-corrected chi connectivity index (χ1v) is 7.73. The number of benzene rings is 2. The zero-order valence-electron chi connectivity index (χ0n) is 12.7. The lowest BCUT2D eigenvalue weighted by Crippen LogP contribution is -2.46. The first kappa shape index (κ1) is 13.3. The Bertz CT molecular complexity index is 733. The van der Waals surface area contributed by atoms with Gasteiger partial charge < -0.3 is 15.0 Å². The molecule has 0 atom stereocenters. The van der Waals surface area contributed by atoms with Crippen LogP contribution < -0.4 is 10.1 Å². The lowest BCUT2D eigenvalue weighted by Gasteiger charge is -2.30. The van der Waals surface area contributed by atoms with Crippen LogP contribution in [0.2, 0.25) is 0 Å². The third-order valence-corrected chi connectivity index (χ3v) is 4.11. The van der Waals surface area contributed by atoms with Crippen molar-refractivity contribution in [1.29, 1.82) is 0 Å². The summed E-state index contributed by atoms with van der Waals surface area (Å²) >= 11 is 0. The molecule has 0 saturated carbocycles. The predicted molar refractivity (Wildman–Crippen MR) is 88.3 cm³/mol. The maximum Gasteiger partial charge on any atom is 0.153 e. The van der Waals surface area contributed by atoms with E-state index < -0.39 is 0 Å². The molecule has 2 heterocycles. The molecule has 2 aromatic carbocycles. The first-order chi connectivity index (χ1) is 10.8. The van der Waals surface area contributed by atoms with Gasteiger partial charge in [0, 0.05) is 26.2 Å². The normalized spacial score (nSPS) is 17.0. The second-order valence-electron chi connectivity index (χ2n) is 5.74. The van der Waals surface area contributed by atoms with Crippen molar-refractivity contribution in [1.82, 2.24) is 10.2 Å². The third kappa shape index (κ3) is 2.35. The molecule has 22 heavy (non-hydrogen) atoms. The summed E-state index contributed by atoms with van der Waals surface area (Å²) in [6.45, 7) is 5.98. The van der Waals surface area contributed by atoms with Gasteiger partial charge in [0.1, 0.15) is 17.3 Å². The molecule has 2 aliphatic rings. The lowest BCUT2D eigenvalue weighted by molar-refractivity contribution is 0.357. The number of piperazine rings is 1. The van der Waals surface area contributed by atoms with Crippen LogP contribution in [-0.2, 0) is 0 Å². The van der Waals surface area contributed by atoms with E-state index in [0.29, 0.717) is 0 Å². The van der Waals surface area contributed by atoms with E-state index >= 15 is 0 Å². The highest BCUT2D eigenvalue weighted by Crippen LogP contribution is 2.38. The van der Waals surface area contributed by atoms with Crippen LogP contribution in [0.4, 0.5) is 5.69 Å². The number of ether oxygens (including phenoxy) is 1. The third-order valence-electron chi connectivity index (χ3n) is 4.11. The summed E-state index contributed by atoms with van der Waals surface area (Å²) in [5.74, 6) is 2.72. The van der Waals surface area contributed by atoms with Crippen molar-refractivity contribution in [3.05, 3.63) is 53.6 Å². The summed E-state index contributed by atoms with van der Waals surface area (Å²) in [4.78, 5) is 7.28. The highest BCUT2D eigenvalue weighted by atomic mass is 16.5. The minimum Gasteiger partial charge on any atom is -0.454 e. The summed E-state index contributed by atoms with van der Waals surface area (Å²) in [6.07, 6.45) is 0. The maximum atomic E-state index is 6.15. The van der Waals surface area contributed by atoms with E-state index in [1.165, 1.54) is 5.56 Å². The molecule has 2 aromatic rings. The van der Waals surface area contributed by atoms with Gasteiger partial charge in [0.15, 0.2) is 5.75 Å². The fourth-order valence-electron chi connectivity index (χ4n) is 2.95. The Hall–Kier alpha value is -2.33. The fraction of sp³-hybridized carbons (Fsp3) is 0.278. The second-order valence-corrected chi connectivity index (χ2v) is 5.74. The minimum absolute atomic E-state index is 0.831. The predicted octanol–water partition coefficient (Wildman–Crippen LogP) is 3.08. The molecular formula is C18H19N3O. The van der Waals surface area contributed by atoms with Gasteiger partial charge in [-0.15, -0.1) is 0 Å². The number of hydrogen-bond donors (Lipinski definition) is 1. The molecule has 0 aromatic heterocycles. The van der Waals surface area contributed by atoms with Gasteiger partial charge in [0.05, 0.1) is 5.56 Å². The van der Waals surface area contributed by atoms with E-state index in [4.69, 9.17) is 9.73 Å². The SMILES string of the molecule is Cc1ccc2c(c1)Oc1ccccc1C(N1CCNCC1)=N2. The van der Waals surface area contributed by atoms with Gasteiger partial charge >= 0.3 is 0 Å². The van der Waals surface area contributed by atoms with E-state index in [9.17, 15) is 0 Å². The van der Waals surface area contributed by atoms with Crippen molar-refractivity contribution in [3.8, 4) is 11.5 Å². The molecule has 0 radical (unpaired) electrons. The number of nitrogens with zero attached hydrogens (tertiary/aromatic N) is 2. The van der Waals surface area contributed by atoms with Crippen LogP contribution in [0.3, 0.4) is 0 Å². The Labute approximate surface area is 130 Å². The van der Waals surface area contributed by atoms with Gasteiger partial charge in [-0.05, 0) is 36.8 Å². The number of para-hydroxylation sites is 1. The molecule has 4 heteroatoms. The fourth-order valence-corrected chi connectivity index (χ4v) is 2.95. The van der Waals surface area contributed by atoms with Crippen molar-refractivity contribution in [3.63, 3.8) is 0 Å². The van der Waals surface area contributed by atoms with Crippen LogP contribution >= 0.6 is 0 Å². The highest BCUT2D eigenvalue weighted by molar-refractivity contribution is 6.03. The molecule has 1 saturated heterocycles. The Morgan fingerprint density at radius 2 is 1.86 bits per heavy atom. The van der Waals surface area contributed by atoms with Crippen molar-refractivity contribution in [2.75, 3.05) is 26.2 Å². The number of fused-ring (bicyclic) bond motifs is 2. The molecule has 0 aliphatic carbocycles. The van der Waals surface area contributed by atoms with Gasteiger partial charge in [-0.1, -0.05) is 18.2 Å². The largest absolute Gasteiger partial charge is 0.454 e. The number of amidine groups is 1. The smallest absolute Gasteiger partial charge is 0.153 e.